The molecule has 0 radical (unpaired) electrons. The number of hydrogen-bond acceptors (Lipinski definition) is 2. The lowest BCUT2D eigenvalue weighted by atomic mass is 9.93. The van der Waals surface area contributed by atoms with E-state index in [0.717, 1.165) is 12.1 Å². The van der Waals surface area contributed by atoms with E-state index in [9.17, 15) is 24.5 Å². The van der Waals surface area contributed by atoms with Gasteiger partial charge in [0.25, 0.3) is 0 Å². The molecule has 0 aliphatic heterocycles. The summed E-state index contributed by atoms with van der Waals surface area (Å²) < 4.78 is 62.2. The van der Waals surface area contributed by atoms with Gasteiger partial charge in [0.05, 0.1) is 11.6 Å². The fourth-order valence-corrected chi connectivity index (χ4v) is 1.99. The third kappa shape index (κ3) is 3.56. The molecule has 3 N–H and O–H groups in total. The molecule has 0 aliphatic rings. The Morgan fingerprint density at radius 3 is 1.72 bits per heavy atom. The van der Waals surface area contributed by atoms with Crippen molar-refractivity contribution in [3.05, 3.63) is 29.8 Å². The molecule has 0 amide bonds. The van der Waals surface area contributed by atoms with Crippen molar-refractivity contribution in [3.63, 3.8) is 0 Å². The van der Waals surface area contributed by atoms with E-state index in [2.05, 4.69) is 0 Å². The van der Waals surface area contributed by atoms with Crippen molar-refractivity contribution in [2.75, 3.05) is 0 Å². The quantitative estimate of drug-likeness (QED) is 0.823. The van der Waals surface area contributed by atoms with Crippen LogP contribution >= 0.6 is 10.2 Å². The summed E-state index contributed by atoms with van der Waals surface area (Å²) in [6.07, 6.45) is 0. The smallest absolute Gasteiger partial charge is 0.310 e. The first-order chi connectivity index (χ1) is 7.61. The van der Waals surface area contributed by atoms with Crippen molar-refractivity contribution in [1.82, 2.24) is 0 Å². The summed E-state index contributed by atoms with van der Waals surface area (Å²) in [5.74, 6) is 0. The monoisotopic (exact) mass is 291 g/mol. The van der Waals surface area contributed by atoms with E-state index < -0.39 is 26.8 Å². The summed E-state index contributed by atoms with van der Waals surface area (Å²) in [5, 5.41) is 9.58. The Labute approximate surface area is 101 Å². The SMILES string of the molecule is CC(C)(O)C(N)c1ccc(S(F)(F)(F)(F)F)cc1. The molecule has 18 heavy (non-hydrogen) atoms. The normalized spacial score (nSPS) is 18.9. The molecule has 106 valence electrons. The van der Waals surface area contributed by atoms with Crippen molar-refractivity contribution in [3.8, 4) is 0 Å². The minimum absolute atomic E-state index is 0.146. The van der Waals surface area contributed by atoms with Crippen LogP contribution in [0.1, 0.15) is 25.5 Å². The molecule has 0 aromatic heterocycles. The highest BCUT2D eigenvalue weighted by molar-refractivity contribution is 8.45. The Morgan fingerprint density at radius 2 is 1.44 bits per heavy atom. The second kappa shape index (κ2) is 3.37. The summed E-state index contributed by atoms with van der Waals surface area (Å²) >= 11 is 0. The van der Waals surface area contributed by atoms with Gasteiger partial charge in [0.1, 0.15) is 4.90 Å². The zero-order valence-electron chi connectivity index (χ0n) is 9.71. The van der Waals surface area contributed by atoms with E-state index >= 15 is 0 Å². The lowest BCUT2D eigenvalue weighted by Gasteiger charge is -2.40. The molecule has 1 aromatic carbocycles. The summed E-state index contributed by atoms with van der Waals surface area (Å²) in [5.41, 5.74) is 4.37. The predicted octanol–water partition coefficient (Wildman–Crippen LogP) is 4.11. The maximum absolute atomic E-state index is 12.4. The van der Waals surface area contributed by atoms with E-state index in [1.54, 1.807) is 0 Å². The van der Waals surface area contributed by atoms with E-state index in [-0.39, 0.29) is 17.7 Å². The fourth-order valence-electron chi connectivity index (χ4n) is 1.34. The lowest BCUT2D eigenvalue weighted by Crippen LogP contribution is -2.35. The van der Waals surface area contributed by atoms with E-state index in [0.29, 0.717) is 0 Å². The zero-order valence-corrected chi connectivity index (χ0v) is 10.5. The van der Waals surface area contributed by atoms with E-state index in [1.807, 2.05) is 0 Å². The van der Waals surface area contributed by atoms with Crippen LogP contribution in [0.4, 0.5) is 19.4 Å². The number of aliphatic hydroxyl groups is 1. The van der Waals surface area contributed by atoms with Crippen molar-refractivity contribution in [2.45, 2.75) is 30.4 Å². The average Bonchev–Trinajstić information content (AvgIpc) is 2.12. The highest BCUT2D eigenvalue weighted by Crippen LogP contribution is 3.02. The van der Waals surface area contributed by atoms with E-state index in [1.165, 1.54) is 13.8 Å². The molecule has 0 heterocycles. The summed E-state index contributed by atoms with van der Waals surface area (Å²) in [7, 11) is -9.64. The number of rotatable bonds is 3. The van der Waals surface area contributed by atoms with Crippen LogP contribution in [0.15, 0.2) is 29.2 Å². The number of halogens is 5. The minimum Gasteiger partial charge on any atom is -0.388 e. The number of benzene rings is 1. The van der Waals surface area contributed by atoms with Crippen LogP contribution in [0.25, 0.3) is 0 Å². The van der Waals surface area contributed by atoms with Gasteiger partial charge < -0.3 is 10.8 Å². The lowest BCUT2D eigenvalue weighted by molar-refractivity contribution is 0.0517. The maximum Gasteiger partial charge on any atom is 0.310 e. The number of hydrogen-bond donors (Lipinski definition) is 2. The molecule has 0 saturated heterocycles. The molecule has 0 saturated carbocycles. The van der Waals surface area contributed by atoms with Crippen LogP contribution in [0.5, 0.6) is 0 Å². The molecule has 2 nitrogen and oxygen atoms in total. The molecule has 0 fully saturated rings. The predicted molar refractivity (Wildman–Crippen MR) is 61.1 cm³/mol. The summed E-state index contributed by atoms with van der Waals surface area (Å²) in [6, 6.07) is 1.28. The molecule has 1 unspecified atom stereocenters. The van der Waals surface area contributed by atoms with Gasteiger partial charge in [0.15, 0.2) is 0 Å². The Hall–Kier alpha value is -0.860. The second-order valence-corrected chi connectivity index (χ2v) is 7.08. The van der Waals surface area contributed by atoms with Crippen molar-refractivity contribution in [1.29, 1.82) is 0 Å². The van der Waals surface area contributed by atoms with Crippen LogP contribution in [0.3, 0.4) is 0 Å². The molecule has 1 aromatic rings. The Balaban J connectivity index is 3.18. The van der Waals surface area contributed by atoms with Crippen LogP contribution < -0.4 is 5.73 Å². The largest absolute Gasteiger partial charge is 0.388 e. The van der Waals surface area contributed by atoms with Crippen molar-refractivity contribution < 1.29 is 24.5 Å². The van der Waals surface area contributed by atoms with Gasteiger partial charge in [-0.2, -0.15) is 0 Å². The standard InChI is InChI=1S/C10H14F5NOS/c1-10(2,17)9(16)7-3-5-8(6-4-7)18(11,12,13,14)15/h3-6,9,17H,16H2,1-2H3. The third-order valence-electron chi connectivity index (χ3n) is 2.45. The summed E-state index contributed by atoms with van der Waals surface area (Å²) in [6.45, 7) is 2.74. The molecular formula is C10H14F5NOS. The Morgan fingerprint density at radius 1 is 1.06 bits per heavy atom. The third-order valence-corrected chi connectivity index (χ3v) is 3.61. The highest BCUT2D eigenvalue weighted by Gasteiger charge is 2.65. The molecule has 1 rings (SSSR count). The number of nitrogens with two attached hydrogens (primary N) is 1. The van der Waals surface area contributed by atoms with Crippen LogP contribution in [-0.4, -0.2) is 10.7 Å². The summed E-state index contributed by atoms with van der Waals surface area (Å²) in [4.78, 5) is -1.97. The van der Waals surface area contributed by atoms with Gasteiger partial charge in [-0.05, 0) is 31.5 Å². The van der Waals surface area contributed by atoms with Crippen LogP contribution in [0, 0.1) is 0 Å². The molecule has 0 spiro atoms. The first-order valence-corrected chi connectivity index (χ1v) is 6.88. The van der Waals surface area contributed by atoms with Crippen molar-refractivity contribution in [2.24, 2.45) is 5.73 Å². The van der Waals surface area contributed by atoms with Crippen molar-refractivity contribution >= 4 is 10.2 Å². The Bertz CT molecular complexity index is 447. The van der Waals surface area contributed by atoms with Gasteiger partial charge in [0, 0.05) is 0 Å². The Kier molecular flexibility index (Phi) is 2.84. The molecule has 0 aliphatic carbocycles. The van der Waals surface area contributed by atoms with Gasteiger partial charge in [0.2, 0.25) is 0 Å². The van der Waals surface area contributed by atoms with Gasteiger partial charge >= 0.3 is 10.2 Å². The fraction of sp³-hybridized carbons (Fsp3) is 0.400. The first kappa shape index (κ1) is 15.2. The molecule has 0 bridgehead atoms. The molecule has 1 atom stereocenters. The van der Waals surface area contributed by atoms with Gasteiger partial charge in [-0.25, -0.2) is 0 Å². The average molecular weight is 291 g/mol. The second-order valence-electron chi connectivity index (χ2n) is 4.67. The molecule has 8 heteroatoms. The maximum atomic E-state index is 12.4. The van der Waals surface area contributed by atoms with E-state index in [4.69, 9.17) is 5.73 Å². The zero-order chi connectivity index (χ0) is 14.5. The molecular weight excluding hydrogens is 277 g/mol. The van der Waals surface area contributed by atoms with Crippen LogP contribution in [0.2, 0.25) is 0 Å². The van der Waals surface area contributed by atoms with Crippen LogP contribution in [-0.2, 0) is 0 Å². The minimum atomic E-state index is -9.64. The first-order valence-electron chi connectivity index (χ1n) is 4.93. The van der Waals surface area contributed by atoms with Gasteiger partial charge in [-0.15, -0.1) is 0 Å². The highest BCUT2D eigenvalue weighted by atomic mass is 32.5. The topological polar surface area (TPSA) is 46.2 Å². The van der Waals surface area contributed by atoms with Gasteiger partial charge in [-0.3, -0.25) is 0 Å². The van der Waals surface area contributed by atoms with Gasteiger partial charge in [-0.1, -0.05) is 31.6 Å².